The Hall–Kier alpha value is -3.55. The molecule has 1 N–H and O–H groups in total. The van der Waals surface area contributed by atoms with Crippen LogP contribution in [0.1, 0.15) is 15.9 Å². The number of hydrogen-bond donors (Lipinski definition) is 1. The average molecular weight is 387 g/mol. The summed E-state index contributed by atoms with van der Waals surface area (Å²) in [5, 5.41) is 2.63. The molecule has 0 aliphatic rings. The molecule has 0 spiro atoms. The molecule has 0 radical (unpaired) electrons. The van der Waals surface area contributed by atoms with Crippen molar-refractivity contribution in [2.45, 2.75) is 6.92 Å². The van der Waals surface area contributed by atoms with Gasteiger partial charge in [-0.2, -0.15) is 0 Å². The van der Waals surface area contributed by atoms with Crippen LogP contribution in [0.3, 0.4) is 0 Å². The van der Waals surface area contributed by atoms with Gasteiger partial charge in [0.15, 0.2) is 24.7 Å². The summed E-state index contributed by atoms with van der Waals surface area (Å²) >= 11 is 0. The molecule has 148 valence electrons. The van der Waals surface area contributed by atoms with Crippen molar-refractivity contribution in [2.75, 3.05) is 32.8 Å². The molecule has 0 atom stereocenters. The van der Waals surface area contributed by atoms with Crippen molar-refractivity contribution in [1.82, 2.24) is 0 Å². The zero-order chi connectivity index (χ0) is 20.5. The Labute approximate surface area is 162 Å². The van der Waals surface area contributed by atoms with Crippen molar-refractivity contribution in [3.63, 3.8) is 0 Å². The maximum atomic E-state index is 12.0. The Balaban J connectivity index is 1.85. The molecule has 0 unspecified atom stereocenters. The smallest absolute Gasteiger partial charge is 0.344 e. The number of aldehydes is 1. The number of carbonyl (C=O) groups is 3. The fraction of sp³-hybridized carbons (Fsp3) is 0.250. The third-order valence-corrected chi connectivity index (χ3v) is 3.66. The van der Waals surface area contributed by atoms with E-state index in [1.807, 2.05) is 13.0 Å². The molecule has 0 bridgehead atoms. The maximum Gasteiger partial charge on any atom is 0.344 e. The number of amides is 1. The molecule has 2 rings (SSSR count). The molecule has 1 amide bonds. The second-order valence-electron chi connectivity index (χ2n) is 5.73. The number of ether oxygens (including phenoxy) is 4. The number of carbonyl (C=O) groups excluding carboxylic acids is 3. The minimum absolute atomic E-state index is 0.277. The lowest BCUT2D eigenvalue weighted by Crippen LogP contribution is -2.24. The molecule has 8 heteroatoms. The summed E-state index contributed by atoms with van der Waals surface area (Å²) in [7, 11) is 2.91. The van der Waals surface area contributed by atoms with Crippen molar-refractivity contribution in [1.29, 1.82) is 0 Å². The van der Waals surface area contributed by atoms with E-state index >= 15 is 0 Å². The summed E-state index contributed by atoms with van der Waals surface area (Å²) < 4.78 is 20.5. The number of esters is 1. The second-order valence-corrected chi connectivity index (χ2v) is 5.73. The molecular formula is C20H21NO7. The van der Waals surface area contributed by atoms with Crippen molar-refractivity contribution in [3.05, 3.63) is 47.5 Å². The largest absolute Gasteiger partial charge is 0.495 e. The molecule has 0 aliphatic carbocycles. The summed E-state index contributed by atoms with van der Waals surface area (Å²) in [6.45, 7) is 0.987. The van der Waals surface area contributed by atoms with Crippen molar-refractivity contribution < 1.29 is 33.3 Å². The first-order chi connectivity index (χ1) is 13.5. The predicted molar refractivity (Wildman–Crippen MR) is 101 cm³/mol. The van der Waals surface area contributed by atoms with E-state index < -0.39 is 25.1 Å². The molecule has 2 aromatic rings. The number of anilines is 1. The van der Waals surface area contributed by atoms with Crippen LogP contribution in [-0.2, 0) is 14.3 Å². The van der Waals surface area contributed by atoms with E-state index in [2.05, 4.69) is 5.32 Å². The van der Waals surface area contributed by atoms with Crippen LogP contribution < -0.4 is 19.5 Å². The molecular weight excluding hydrogens is 366 g/mol. The predicted octanol–water partition coefficient (Wildman–Crippen LogP) is 2.39. The van der Waals surface area contributed by atoms with Crippen molar-refractivity contribution in [3.8, 4) is 17.2 Å². The first-order valence-electron chi connectivity index (χ1n) is 8.33. The van der Waals surface area contributed by atoms with Crippen LogP contribution in [0.5, 0.6) is 17.2 Å². The molecule has 0 aliphatic heterocycles. The normalized spacial score (nSPS) is 9.96. The van der Waals surface area contributed by atoms with Crippen molar-refractivity contribution >= 4 is 23.9 Å². The van der Waals surface area contributed by atoms with Gasteiger partial charge in [-0.3, -0.25) is 9.59 Å². The summed E-state index contributed by atoms with van der Waals surface area (Å²) in [6.07, 6.45) is 0.669. The minimum Gasteiger partial charge on any atom is -0.495 e. The van der Waals surface area contributed by atoms with Gasteiger partial charge < -0.3 is 24.3 Å². The Morgan fingerprint density at radius 3 is 2.36 bits per heavy atom. The molecule has 2 aromatic carbocycles. The van der Waals surface area contributed by atoms with Crippen LogP contribution in [0.2, 0.25) is 0 Å². The van der Waals surface area contributed by atoms with E-state index in [0.29, 0.717) is 29.0 Å². The van der Waals surface area contributed by atoms with Gasteiger partial charge in [-0.1, -0.05) is 6.07 Å². The lowest BCUT2D eigenvalue weighted by Gasteiger charge is -2.12. The molecule has 8 nitrogen and oxygen atoms in total. The van der Waals surface area contributed by atoms with E-state index in [4.69, 9.17) is 18.9 Å². The standard InChI is InChI=1S/C20H21NO7/c1-13-4-6-16(25-2)15(8-13)21-19(23)11-28-20(24)12-27-17-7-5-14(10-22)9-18(17)26-3/h4-10H,11-12H2,1-3H3,(H,21,23). The van der Waals surface area contributed by atoms with Gasteiger partial charge in [0, 0.05) is 5.56 Å². The first kappa shape index (κ1) is 20.8. The Morgan fingerprint density at radius 1 is 0.964 bits per heavy atom. The monoisotopic (exact) mass is 387 g/mol. The highest BCUT2D eigenvalue weighted by atomic mass is 16.6. The fourth-order valence-corrected chi connectivity index (χ4v) is 2.31. The summed E-state index contributed by atoms with van der Waals surface area (Å²) in [6, 6.07) is 9.84. The van der Waals surface area contributed by atoms with E-state index in [9.17, 15) is 14.4 Å². The number of rotatable bonds is 9. The average Bonchev–Trinajstić information content (AvgIpc) is 2.70. The topological polar surface area (TPSA) is 100 Å². The maximum absolute atomic E-state index is 12.0. The highest BCUT2D eigenvalue weighted by Gasteiger charge is 2.13. The molecule has 0 heterocycles. The number of nitrogens with one attached hydrogen (secondary N) is 1. The van der Waals surface area contributed by atoms with E-state index in [1.54, 1.807) is 12.1 Å². The lowest BCUT2D eigenvalue weighted by atomic mass is 10.2. The molecule has 0 aromatic heterocycles. The Bertz CT molecular complexity index is 864. The second kappa shape index (κ2) is 9.96. The lowest BCUT2D eigenvalue weighted by molar-refractivity contribution is -0.149. The molecule has 0 fully saturated rings. The Morgan fingerprint density at radius 2 is 1.68 bits per heavy atom. The van der Waals surface area contributed by atoms with Crippen LogP contribution in [-0.4, -0.2) is 45.6 Å². The van der Waals surface area contributed by atoms with Crippen LogP contribution in [0, 0.1) is 6.92 Å². The molecule has 0 saturated heterocycles. The summed E-state index contributed by atoms with van der Waals surface area (Å²) in [5.74, 6) is -0.154. The fourth-order valence-electron chi connectivity index (χ4n) is 2.31. The zero-order valence-corrected chi connectivity index (χ0v) is 15.8. The Kier molecular flexibility index (Phi) is 7.38. The first-order valence-corrected chi connectivity index (χ1v) is 8.33. The van der Waals surface area contributed by atoms with E-state index in [1.165, 1.54) is 32.4 Å². The van der Waals surface area contributed by atoms with Gasteiger partial charge in [-0.25, -0.2) is 4.79 Å². The highest BCUT2D eigenvalue weighted by Crippen LogP contribution is 2.27. The van der Waals surface area contributed by atoms with Gasteiger partial charge in [-0.15, -0.1) is 0 Å². The van der Waals surface area contributed by atoms with Crippen LogP contribution in [0.15, 0.2) is 36.4 Å². The third-order valence-electron chi connectivity index (χ3n) is 3.66. The minimum atomic E-state index is -0.729. The number of methoxy groups -OCH3 is 2. The molecule has 28 heavy (non-hydrogen) atoms. The van der Waals surface area contributed by atoms with Gasteiger partial charge >= 0.3 is 5.97 Å². The van der Waals surface area contributed by atoms with E-state index in [-0.39, 0.29) is 5.75 Å². The highest BCUT2D eigenvalue weighted by molar-refractivity contribution is 5.94. The van der Waals surface area contributed by atoms with Crippen LogP contribution in [0.25, 0.3) is 0 Å². The number of hydrogen-bond acceptors (Lipinski definition) is 7. The SMILES string of the molecule is COc1ccc(C)cc1NC(=O)COC(=O)COc1ccc(C=O)cc1OC. The number of aryl methyl sites for hydroxylation is 1. The van der Waals surface area contributed by atoms with Gasteiger partial charge in [0.1, 0.15) is 12.0 Å². The number of benzene rings is 2. The summed E-state index contributed by atoms with van der Waals surface area (Å²) in [4.78, 5) is 34.6. The van der Waals surface area contributed by atoms with Gasteiger partial charge in [0.2, 0.25) is 0 Å². The van der Waals surface area contributed by atoms with Gasteiger partial charge in [0.05, 0.1) is 19.9 Å². The van der Waals surface area contributed by atoms with Crippen LogP contribution in [0.4, 0.5) is 5.69 Å². The zero-order valence-electron chi connectivity index (χ0n) is 15.8. The third kappa shape index (κ3) is 5.73. The van der Waals surface area contributed by atoms with Gasteiger partial charge in [0.25, 0.3) is 5.91 Å². The molecule has 0 saturated carbocycles. The quantitative estimate of drug-likeness (QED) is 0.521. The van der Waals surface area contributed by atoms with Crippen molar-refractivity contribution in [2.24, 2.45) is 0 Å². The van der Waals surface area contributed by atoms with E-state index in [0.717, 1.165) is 5.56 Å². The van der Waals surface area contributed by atoms with Crippen LogP contribution >= 0.6 is 0 Å². The summed E-state index contributed by atoms with van der Waals surface area (Å²) in [5.41, 5.74) is 1.84. The van der Waals surface area contributed by atoms with Gasteiger partial charge in [-0.05, 0) is 42.8 Å².